The van der Waals surface area contributed by atoms with Crippen LogP contribution < -0.4 is 5.32 Å². The lowest BCUT2D eigenvalue weighted by atomic mass is 10.0. The van der Waals surface area contributed by atoms with Crippen LogP contribution in [-0.4, -0.2) is 37.6 Å². The Labute approximate surface area is 137 Å². The Bertz CT molecular complexity index is 640. The quantitative estimate of drug-likeness (QED) is 0.882. The second kappa shape index (κ2) is 7.40. The maximum atomic E-state index is 11.6. The van der Waals surface area contributed by atoms with Crippen molar-refractivity contribution in [1.29, 1.82) is 0 Å². The maximum absolute atomic E-state index is 11.6. The van der Waals surface area contributed by atoms with Gasteiger partial charge < -0.3 is 10.1 Å². The number of carbonyl (C=O) groups excluding carboxylic acids is 1. The van der Waals surface area contributed by atoms with E-state index in [-0.39, 0.29) is 5.97 Å². The number of hydrogen-bond acceptors (Lipinski definition) is 4. The fourth-order valence-corrected chi connectivity index (χ4v) is 3.04. The lowest BCUT2D eigenvalue weighted by Gasteiger charge is -2.36. The highest BCUT2D eigenvalue weighted by Gasteiger charge is 2.23. The van der Waals surface area contributed by atoms with Crippen LogP contribution >= 0.6 is 0 Å². The monoisotopic (exact) mass is 310 g/mol. The molecule has 0 amide bonds. The summed E-state index contributed by atoms with van der Waals surface area (Å²) < 4.78 is 4.76. The minimum Gasteiger partial charge on any atom is -0.465 e. The van der Waals surface area contributed by atoms with Crippen LogP contribution in [0.5, 0.6) is 0 Å². The molecule has 23 heavy (non-hydrogen) atoms. The Morgan fingerprint density at radius 3 is 2.61 bits per heavy atom. The third-order valence-corrected chi connectivity index (χ3v) is 4.30. The number of nitrogens with zero attached hydrogens (tertiary/aromatic N) is 1. The molecule has 0 bridgehead atoms. The average molecular weight is 310 g/mol. The van der Waals surface area contributed by atoms with Gasteiger partial charge in [0, 0.05) is 32.2 Å². The van der Waals surface area contributed by atoms with Gasteiger partial charge in [0.1, 0.15) is 0 Å². The molecule has 1 N–H and O–H groups in total. The largest absolute Gasteiger partial charge is 0.465 e. The van der Waals surface area contributed by atoms with Gasteiger partial charge >= 0.3 is 5.97 Å². The van der Waals surface area contributed by atoms with E-state index in [1.54, 1.807) is 0 Å². The first-order valence-electron chi connectivity index (χ1n) is 7.95. The molecule has 2 aromatic rings. The predicted octanol–water partition coefficient (Wildman–Crippen LogP) is 2.62. The van der Waals surface area contributed by atoms with Crippen molar-refractivity contribution in [1.82, 2.24) is 10.2 Å². The van der Waals surface area contributed by atoms with Gasteiger partial charge in [-0.1, -0.05) is 42.5 Å². The van der Waals surface area contributed by atoms with E-state index in [1.165, 1.54) is 18.2 Å². The van der Waals surface area contributed by atoms with Crippen molar-refractivity contribution in [3.05, 3.63) is 71.3 Å². The van der Waals surface area contributed by atoms with E-state index in [1.807, 2.05) is 30.3 Å². The summed E-state index contributed by atoms with van der Waals surface area (Å²) >= 11 is 0. The number of rotatable bonds is 4. The fraction of sp³-hybridized carbons (Fsp3) is 0.316. The molecule has 1 fully saturated rings. The number of hydrogen-bond donors (Lipinski definition) is 1. The zero-order chi connectivity index (χ0) is 16.1. The number of nitrogens with one attached hydrogen (secondary N) is 1. The molecule has 1 aliphatic rings. The van der Waals surface area contributed by atoms with Crippen LogP contribution in [0, 0.1) is 0 Å². The second-order valence-electron chi connectivity index (χ2n) is 5.79. The summed E-state index contributed by atoms with van der Waals surface area (Å²) in [5.41, 5.74) is 3.14. The summed E-state index contributed by atoms with van der Waals surface area (Å²) in [5.74, 6) is -0.292. The van der Waals surface area contributed by atoms with Crippen LogP contribution in [0.15, 0.2) is 54.6 Å². The van der Waals surface area contributed by atoms with Gasteiger partial charge in [-0.15, -0.1) is 0 Å². The van der Waals surface area contributed by atoms with Crippen LogP contribution in [-0.2, 0) is 11.3 Å². The van der Waals surface area contributed by atoms with Crippen molar-refractivity contribution in [2.75, 3.05) is 26.7 Å². The van der Waals surface area contributed by atoms with Gasteiger partial charge in [0.05, 0.1) is 12.7 Å². The highest BCUT2D eigenvalue weighted by molar-refractivity contribution is 5.89. The molecule has 120 valence electrons. The molecule has 2 aromatic carbocycles. The summed E-state index contributed by atoms with van der Waals surface area (Å²) in [4.78, 5) is 14.0. The number of piperazine rings is 1. The maximum Gasteiger partial charge on any atom is 0.337 e. The Kier molecular flexibility index (Phi) is 5.05. The Balaban J connectivity index is 1.77. The SMILES string of the molecule is COC(=O)c1ccc([C@H]2CNCCN2Cc2ccccc2)cc1. The van der Waals surface area contributed by atoms with E-state index in [2.05, 4.69) is 34.5 Å². The minimum absolute atomic E-state index is 0.292. The molecule has 0 radical (unpaired) electrons. The molecule has 0 spiro atoms. The molecule has 1 atom stereocenters. The van der Waals surface area contributed by atoms with Crippen LogP contribution in [0.4, 0.5) is 0 Å². The zero-order valence-electron chi connectivity index (χ0n) is 13.4. The van der Waals surface area contributed by atoms with E-state index in [0.29, 0.717) is 11.6 Å². The van der Waals surface area contributed by atoms with Gasteiger partial charge in [-0.2, -0.15) is 0 Å². The third-order valence-electron chi connectivity index (χ3n) is 4.30. The molecular formula is C19H22N2O2. The molecule has 3 rings (SSSR count). The van der Waals surface area contributed by atoms with Crippen molar-refractivity contribution in [2.24, 2.45) is 0 Å². The third kappa shape index (κ3) is 3.78. The lowest BCUT2D eigenvalue weighted by Crippen LogP contribution is -2.45. The number of benzene rings is 2. The summed E-state index contributed by atoms with van der Waals surface area (Å²) in [6.45, 7) is 3.87. The summed E-state index contributed by atoms with van der Waals surface area (Å²) in [6, 6.07) is 18.6. The number of esters is 1. The van der Waals surface area contributed by atoms with Crippen molar-refractivity contribution >= 4 is 5.97 Å². The van der Waals surface area contributed by atoms with E-state index >= 15 is 0 Å². The molecule has 1 saturated heterocycles. The van der Waals surface area contributed by atoms with Crippen molar-refractivity contribution < 1.29 is 9.53 Å². The van der Waals surface area contributed by atoms with Gasteiger partial charge in [-0.3, -0.25) is 4.90 Å². The smallest absolute Gasteiger partial charge is 0.337 e. The fourth-order valence-electron chi connectivity index (χ4n) is 3.04. The molecule has 0 unspecified atom stereocenters. The molecule has 4 heteroatoms. The molecule has 0 aliphatic carbocycles. The molecule has 1 aliphatic heterocycles. The molecular weight excluding hydrogens is 288 g/mol. The van der Waals surface area contributed by atoms with Gasteiger partial charge in [-0.05, 0) is 23.3 Å². The second-order valence-corrected chi connectivity index (χ2v) is 5.79. The standard InChI is InChI=1S/C19H22N2O2/c1-23-19(22)17-9-7-16(8-10-17)18-13-20-11-12-21(18)14-15-5-3-2-4-6-15/h2-10,18,20H,11-14H2,1H3/t18-/m1/s1. The van der Waals surface area contributed by atoms with E-state index in [9.17, 15) is 4.79 Å². The van der Waals surface area contributed by atoms with Crippen LogP contribution in [0.1, 0.15) is 27.5 Å². The highest BCUT2D eigenvalue weighted by Crippen LogP contribution is 2.24. The average Bonchev–Trinajstić information content (AvgIpc) is 2.62. The van der Waals surface area contributed by atoms with Crippen LogP contribution in [0.25, 0.3) is 0 Å². The highest BCUT2D eigenvalue weighted by atomic mass is 16.5. The number of ether oxygens (including phenoxy) is 1. The molecule has 0 saturated carbocycles. The predicted molar refractivity (Wildman–Crippen MR) is 90.2 cm³/mol. The molecule has 1 heterocycles. The van der Waals surface area contributed by atoms with E-state index in [4.69, 9.17) is 4.74 Å². The van der Waals surface area contributed by atoms with Crippen molar-refractivity contribution in [2.45, 2.75) is 12.6 Å². The number of methoxy groups -OCH3 is 1. The van der Waals surface area contributed by atoms with Gasteiger partial charge in [-0.25, -0.2) is 4.79 Å². The topological polar surface area (TPSA) is 41.6 Å². The van der Waals surface area contributed by atoms with Crippen molar-refractivity contribution in [3.63, 3.8) is 0 Å². The zero-order valence-corrected chi connectivity index (χ0v) is 13.4. The first-order valence-corrected chi connectivity index (χ1v) is 7.95. The van der Waals surface area contributed by atoms with Gasteiger partial charge in [0.15, 0.2) is 0 Å². The minimum atomic E-state index is -0.292. The summed E-state index contributed by atoms with van der Waals surface area (Å²) in [6.07, 6.45) is 0. The summed E-state index contributed by atoms with van der Waals surface area (Å²) in [7, 11) is 1.41. The molecule has 0 aromatic heterocycles. The number of carbonyl (C=O) groups is 1. The summed E-state index contributed by atoms with van der Waals surface area (Å²) in [5, 5.41) is 3.46. The van der Waals surface area contributed by atoms with Crippen LogP contribution in [0.3, 0.4) is 0 Å². The Morgan fingerprint density at radius 2 is 1.91 bits per heavy atom. The lowest BCUT2D eigenvalue weighted by molar-refractivity contribution is 0.0600. The molecule has 4 nitrogen and oxygen atoms in total. The first-order chi connectivity index (χ1) is 11.3. The van der Waals surface area contributed by atoms with Crippen LogP contribution in [0.2, 0.25) is 0 Å². The normalized spacial score (nSPS) is 18.6. The Hall–Kier alpha value is -2.17. The van der Waals surface area contributed by atoms with Gasteiger partial charge in [0.2, 0.25) is 0 Å². The Morgan fingerprint density at radius 1 is 1.17 bits per heavy atom. The van der Waals surface area contributed by atoms with Crippen molar-refractivity contribution in [3.8, 4) is 0 Å². The van der Waals surface area contributed by atoms with E-state index < -0.39 is 0 Å². The van der Waals surface area contributed by atoms with E-state index in [0.717, 1.165) is 26.2 Å². The first kappa shape index (κ1) is 15.7. The van der Waals surface area contributed by atoms with Gasteiger partial charge in [0.25, 0.3) is 0 Å².